The van der Waals surface area contributed by atoms with E-state index in [1.165, 1.54) is 24.3 Å². The number of pyridine rings is 1. The molecule has 2 aromatic rings. The van der Waals surface area contributed by atoms with Gasteiger partial charge >= 0.3 is 6.18 Å². The summed E-state index contributed by atoms with van der Waals surface area (Å²) < 4.78 is 77.2. The summed E-state index contributed by atoms with van der Waals surface area (Å²) in [6.07, 6.45) is -1.19. The molecule has 0 aliphatic rings. The Labute approximate surface area is 187 Å². The van der Waals surface area contributed by atoms with Gasteiger partial charge in [-0.3, -0.25) is 9.52 Å². The maximum atomic E-state index is 14.0. The van der Waals surface area contributed by atoms with E-state index >= 15 is 0 Å². The molecule has 1 aromatic heterocycles. The lowest BCUT2D eigenvalue weighted by Gasteiger charge is -2.12. The molecule has 0 spiro atoms. The maximum Gasteiger partial charge on any atom is 0.433 e. The summed E-state index contributed by atoms with van der Waals surface area (Å²) in [5, 5.41) is 2.64. The van der Waals surface area contributed by atoms with E-state index < -0.39 is 33.6 Å². The van der Waals surface area contributed by atoms with Crippen LogP contribution in [0, 0.1) is 5.82 Å². The van der Waals surface area contributed by atoms with E-state index in [0.717, 1.165) is 36.2 Å². The Balaban J connectivity index is 2.08. The number of anilines is 1. The molecule has 0 fully saturated rings. The van der Waals surface area contributed by atoms with Crippen LogP contribution in [0.25, 0.3) is 6.08 Å². The first-order valence-electron chi connectivity index (χ1n) is 9.21. The zero-order chi connectivity index (χ0) is 24.1. The van der Waals surface area contributed by atoms with Gasteiger partial charge in [-0.15, -0.1) is 11.8 Å². The predicted molar refractivity (Wildman–Crippen MR) is 116 cm³/mol. The minimum absolute atomic E-state index is 0.0259. The van der Waals surface area contributed by atoms with Gasteiger partial charge in [0.1, 0.15) is 16.5 Å². The number of amides is 1. The molecule has 32 heavy (non-hydrogen) atoms. The van der Waals surface area contributed by atoms with Gasteiger partial charge in [-0.05, 0) is 29.8 Å². The van der Waals surface area contributed by atoms with Crippen LogP contribution >= 0.6 is 11.8 Å². The Morgan fingerprint density at radius 3 is 2.47 bits per heavy atom. The standard InChI is InChI=1S/C20H21F4N3O3S2/c1-12(2)31-19-14(5-8-17(26-19)20(22,23)24)6-9-18(28)25-11-13-4-7-16(15(21)10-13)27-32(3,29)30/h4-10,12,27H,11H2,1-3H3,(H,25,28). The smallest absolute Gasteiger partial charge is 0.348 e. The lowest BCUT2D eigenvalue weighted by molar-refractivity contribution is -0.141. The second kappa shape index (κ2) is 10.3. The number of halogens is 4. The number of rotatable bonds is 8. The van der Waals surface area contributed by atoms with Gasteiger partial charge in [-0.25, -0.2) is 17.8 Å². The summed E-state index contributed by atoms with van der Waals surface area (Å²) in [4.78, 5) is 15.8. The molecule has 1 amide bonds. The monoisotopic (exact) mass is 491 g/mol. The Morgan fingerprint density at radius 1 is 1.22 bits per heavy atom. The second-order valence-corrected chi connectivity index (χ2v) is 10.3. The first kappa shape index (κ1) is 25.7. The van der Waals surface area contributed by atoms with Crippen molar-refractivity contribution in [3.63, 3.8) is 0 Å². The van der Waals surface area contributed by atoms with Crippen LogP contribution in [-0.4, -0.2) is 30.8 Å². The van der Waals surface area contributed by atoms with Crippen LogP contribution in [0.1, 0.15) is 30.7 Å². The van der Waals surface area contributed by atoms with Gasteiger partial charge in [-0.2, -0.15) is 13.2 Å². The Hall–Kier alpha value is -2.60. The third-order valence-electron chi connectivity index (χ3n) is 3.74. The fraction of sp³-hybridized carbons (Fsp3) is 0.300. The number of hydrogen-bond donors (Lipinski definition) is 2. The van der Waals surface area contributed by atoms with Gasteiger partial charge in [0.2, 0.25) is 15.9 Å². The maximum absolute atomic E-state index is 14.0. The third-order valence-corrected chi connectivity index (χ3v) is 5.35. The number of aromatic nitrogens is 1. The van der Waals surface area contributed by atoms with E-state index in [4.69, 9.17) is 0 Å². The zero-order valence-electron chi connectivity index (χ0n) is 17.3. The number of hydrogen-bond acceptors (Lipinski definition) is 5. The van der Waals surface area contributed by atoms with Gasteiger partial charge in [-0.1, -0.05) is 26.0 Å². The summed E-state index contributed by atoms with van der Waals surface area (Å²) in [6, 6.07) is 5.84. The fourth-order valence-corrected chi connectivity index (χ4v) is 3.85. The Morgan fingerprint density at radius 2 is 1.91 bits per heavy atom. The number of benzene rings is 1. The van der Waals surface area contributed by atoms with Crippen molar-refractivity contribution < 1.29 is 30.8 Å². The molecular formula is C20H21F4N3O3S2. The molecular weight excluding hydrogens is 470 g/mol. The molecule has 2 N–H and O–H groups in total. The predicted octanol–water partition coefficient (Wildman–Crippen LogP) is 4.44. The second-order valence-electron chi connectivity index (χ2n) is 6.99. The molecule has 2 rings (SSSR count). The average Bonchev–Trinajstić information content (AvgIpc) is 2.65. The Kier molecular flexibility index (Phi) is 8.29. The normalized spacial score (nSPS) is 12.4. The average molecular weight is 492 g/mol. The molecule has 0 unspecified atom stereocenters. The number of carbonyl (C=O) groups is 1. The highest BCUT2D eigenvalue weighted by Crippen LogP contribution is 2.32. The molecule has 174 valence electrons. The van der Waals surface area contributed by atoms with Crippen molar-refractivity contribution in [3.8, 4) is 0 Å². The summed E-state index contributed by atoms with van der Waals surface area (Å²) in [5.41, 5.74) is -0.491. The van der Waals surface area contributed by atoms with Crippen molar-refractivity contribution in [2.24, 2.45) is 0 Å². The van der Waals surface area contributed by atoms with E-state index in [9.17, 15) is 30.8 Å². The largest absolute Gasteiger partial charge is 0.433 e. The highest BCUT2D eigenvalue weighted by Gasteiger charge is 2.33. The van der Waals surface area contributed by atoms with Crippen LogP contribution in [0.3, 0.4) is 0 Å². The highest BCUT2D eigenvalue weighted by atomic mass is 32.2. The Bertz CT molecular complexity index is 1120. The SMILES string of the molecule is CC(C)Sc1nc(C(F)(F)F)ccc1C=CC(=O)NCc1ccc(NS(C)(=O)=O)c(F)c1. The number of nitrogens with zero attached hydrogens (tertiary/aromatic N) is 1. The van der Waals surface area contributed by atoms with Gasteiger partial charge in [0.25, 0.3) is 0 Å². The van der Waals surface area contributed by atoms with Crippen LogP contribution in [0.2, 0.25) is 0 Å². The van der Waals surface area contributed by atoms with Crippen molar-refractivity contribution in [1.82, 2.24) is 10.3 Å². The molecule has 0 saturated heterocycles. The molecule has 1 heterocycles. The van der Waals surface area contributed by atoms with Gasteiger partial charge in [0.05, 0.1) is 11.9 Å². The first-order chi connectivity index (χ1) is 14.7. The van der Waals surface area contributed by atoms with Gasteiger partial charge in [0.15, 0.2) is 0 Å². The molecule has 0 bridgehead atoms. The lowest BCUT2D eigenvalue weighted by Crippen LogP contribution is -2.20. The quantitative estimate of drug-likeness (QED) is 0.324. The molecule has 0 saturated carbocycles. The van der Waals surface area contributed by atoms with Crippen molar-refractivity contribution in [2.45, 2.75) is 36.8 Å². The molecule has 6 nitrogen and oxygen atoms in total. The van der Waals surface area contributed by atoms with Crippen molar-refractivity contribution in [3.05, 3.63) is 59.0 Å². The van der Waals surface area contributed by atoms with Gasteiger partial charge in [0, 0.05) is 23.4 Å². The van der Waals surface area contributed by atoms with E-state index in [0.29, 0.717) is 11.1 Å². The fourth-order valence-electron chi connectivity index (χ4n) is 2.42. The molecule has 0 radical (unpaired) electrons. The van der Waals surface area contributed by atoms with E-state index in [1.54, 1.807) is 0 Å². The van der Waals surface area contributed by atoms with Crippen LogP contribution in [0.4, 0.5) is 23.2 Å². The first-order valence-corrected chi connectivity index (χ1v) is 12.0. The van der Waals surface area contributed by atoms with E-state index in [2.05, 4.69) is 10.3 Å². The zero-order valence-corrected chi connectivity index (χ0v) is 19.0. The van der Waals surface area contributed by atoms with Crippen LogP contribution < -0.4 is 10.0 Å². The lowest BCUT2D eigenvalue weighted by atomic mass is 10.2. The number of sulfonamides is 1. The van der Waals surface area contributed by atoms with Crippen LogP contribution in [0.15, 0.2) is 41.4 Å². The highest BCUT2D eigenvalue weighted by molar-refractivity contribution is 7.99. The molecule has 0 atom stereocenters. The molecule has 12 heteroatoms. The van der Waals surface area contributed by atoms with E-state index in [-0.39, 0.29) is 22.5 Å². The number of thioether (sulfide) groups is 1. The van der Waals surface area contributed by atoms with Crippen molar-refractivity contribution >= 4 is 39.5 Å². The van der Waals surface area contributed by atoms with Crippen molar-refractivity contribution in [1.29, 1.82) is 0 Å². The summed E-state index contributed by atoms with van der Waals surface area (Å²) >= 11 is 1.14. The number of alkyl halides is 3. The van der Waals surface area contributed by atoms with Crippen LogP contribution in [-0.2, 0) is 27.5 Å². The molecule has 1 aromatic carbocycles. The molecule has 0 aliphatic heterocycles. The van der Waals surface area contributed by atoms with Crippen LogP contribution in [0.5, 0.6) is 0 Å². The third kappa shape index (κ3) is 8.15. The molecule has 0 aliphatic carbocycles. The number of carbonyl (C=O) groups excluding carboxylic acids is 1. The topological polar surface area (TPSA) is 88.2 Å². The summed E-state index contributed by atoms with van der Waals surface area (Å²) in [5.74, 6) is -1.35. The minimum Gasteiger partial charge on any atom is -0.348 e. The van der Waals surface area contributed by atoms with Gasteiger partial charge < -0.3 is 5.32 Å². The number of nitrogens with one attached hydrogen (secondary N) is 2. The van der Waals surface area contributed by atoms with Crippen molar-refractivity contribution in [2.75, 3.05) is 11.0 Å². The summed E-state index contributed by atoms with van der Waals surface area (Å²) in [7, 11) is -3.63. The minimum atomic E-state index is -4.58. The van der Waals surface area contributed by atoms with E-state index in [1.807, 2.05) is 18.6 Å². The summed E-state index contributed by atoms with van der Waals surface area (Å²) in [6.45, 7) is 3.57.